The highest BCUT2D eigenvalue weighted by atomic mass is 16.5. The zero-order valence-corrected chi connectivity index (χ0v) is 14.4. The van der Waals surface area contributed by atoms with E-state index in [9.17, 15) is 4.79 Å². The zero-order chi connectivity index (χ0) is 17.8. The molecular weight excluding hydrogens is 328 g/mol. The summed E-state index contributed by atoms with van der Waals surface area (Å²) in [5.74, 6) is 0.990. The molecule has 0 spiro atoms. The van der Waals surface area contributed by atoms with Crippen LogP contribution in [-0.4, -0.2) is 29.1 Å². The van der Waals surface area contributed by atoms with Gasteiger partial charge in [0, 0.05) is 18.7 Å². The van der Waals surface area contributed by atoms with Crippen molar-refractivity contribution in [2.24, 2.45) is 0 Å². The second-order valence-electron chi connectivity index (χ2n) is 6.34. The van der Waals surface area contributed by atoms with E-state index in [1.54, 1.807) is 0 Å². The number of rotatable bonds is 6. The highest BCUT2D eigenvalue weighted by molar-refractivity contribution is 5.82. The summed E-state index contributed by atoms with van der Waals surface area (Å²) in [6.45, 7) is 1.45. The summed E-state index contributed by atoms with van der Waals surface area (Å²) < 4.78 is 5.22. The van der Waals surface area contributed by atoms with E-state index in [4.69, 9.17) is 4.52 Å². The first-order valence-electron chi connectivity index (χ1n) is 8.73. The summed E-state index contributed by atoms with van der Waals surface area (Å²) in [4.78, 5) is 18.7. The lowest BCUT2D eigenvalue weighted by Crippen LogP contribution is -2.36. The van der Waals surface area contributed by atoms with Crippen molar-refractivity contribution in [3.05, 3.63) is 77.4 Å². The van der Waals surface area contributed by atoms with Crippen molar-refractivity contribution in [3.8, 4) is 0 Å². The lowest BCUT2D eigenvalue weighted by Gasteiger charge is -2.18. The van der Waals surface area contributed by atoms with Gasteiger partial charge in [0.15, 0.2) is 5.82 Å². The minimum atomic E-state index is -0.0514. The van der Waals surface area contributed by atoms with E-state index in [1.807, 2.05) is 42.5 Å². The van der Waals surface area contributed by atoms with Gasteiger partial charge in [-0.2, -0.15) is 4.98 Å². The first kappa shape index (κ1) is 16.3. The lowest BCUT2D eigenvalue weighted by atomic mass is 10.1. The number of benzene rings is 2. The normalized spacial score (nSPS) is 12.8. The Morgan fingerprint density at radius 3 is 2.81 bits per heavy atom. The molecular formula is C20H20N4O2. The SMILES string of the molecule is O=C(CN1CCc2ccccc21)NCc1nc(Cc2ccccc2)no1. The van der Waals surface area contributed by atoms with Gasteiger partial charge in [0.2, 0.25) is 11.8 Å². The third-order valence-electron chi connectivity index (χ3n) is 4.47. The summed E-state index contributed by atoms with van der Waals surface area (Å²) in [5, 5.41) is 6.83. The second-order valence-corrected chi connectivity index (χ2v) is 6.34. The fraction of sp³-hybridized carbons (Fsp3) is 0.250. The predicted octanol–water partition coefficient (Wildman–Crippen LogP) is 2.34. The van der Waals surface area contributed by atoms with Gasteiger partial charge in [0.05, 0.1) is 13.1 Å². The Hall–Kier alpha value is -3.15. The van der Waals surface area contributed by atoms with Crippen molar-refractivity contribution in [1.29, 1.82) is 0 Å². The minimum Gasteiger partial charge on any atom is -0.362 e. The number of nitrogens with one attached hydrogen (secondary N) is 1. The van der Waals surface area contributed by atoms with Crippen molar-refractivity contribution in [2.75, 3.05) is 18.0 Å². The Morgan fingerprint density at radius 1 is 1.12 bits per heavy atom. The minimum absolute atomic E-state index is 0.0514. The van der Waals surface area contributed by atoms with Gasteiger partial charge in [0.25, 0.3) is 0 Å². The number of amides is 1. The maximum absolute atomic E-state index is 12.2. The molecule has 1 amide bonds. The van der Waals surface area contributed by atoms with Gasteiger partial charge in [-0.15, -0.1) is 0 Å². The molecule has 1 aliphatic heterocycles. The maximum atomic E-state index is 12.2. The standard InChI is InChI=1S/C20H20N4O2/c25-19(14-24-11-10-16-8-4-5-9-17(16)24)21-13-20-22-18(23-26-20)12-15-6-2-1-3-7-15/h1-9H,10-14H2,(H,21,25). The molecule has 4 rings (SSSR count). The molecule has 6 nitrogen and oxygen atoms in total. The van der Waals surface area contributed by atoms with Crippen LogP contribution in [-0.2, 0) is 24.2 Å². The number of nitrogens with zero attached hydrogens (tertiary/aromatic N) is 3. The Balaban J connectivity index is 1.29. The number of hydrogen-bond acceptors (Lipinski definition) is 5. The van der Waals surface area contributed by atoms with Crippen LogP contribution >= 0.6 is 0 Å². The van der Waals surface area contributed by atoms with Gasteiger partial charge in [0.1, 0.15) is 0 Å². The third-order valence-corrected chi connectivity index (χ3v) is 4.47. The van der Waals surface area contributed by atoms with E-state index in [1.165, 1.54) is 5.56 Å². The smallest absolute Gasteiger partial charge is 0.246 e. The first-order chi connectivity index (χ1) is 12.8. The van der Waals surface area contributed by atoms with E-state index < -0.39 is 0 Å². The predicted molar refractivity (Wildman–Crippen MR) is 97.8 cm³/mol. The average Bonchev–Trinajstić information content (AvgIpc) is 3.28. The van der Waals surface area contributed by atoms with Crippen LogP contribution in [0.1, 0.15) is 22.8 Å². The van der Waals surface area contributed by atoms with Crippen LogP contribution in [0.25, 0.3) is 0 Å². The molecule has 26 heavy (non-hydrogen) atoms. The number of anilines is 1. The van der Waals surface area contributed by atoms with E-state index in [0.717, 1.165) is 24.2 Å². The Morgan fingerprint density at radius 2 is 1.92 bits per heavy atom. The van der Waals surface area contributed by atoms with Gasteiger partial charge in [-0.25, -0.2) is 0 Å². The molecule has 132 valence electrons. The monoisotopic (exact) mass is 348 g/mol. The van der Waals surface area contributed by atoms with Crippen LogP contribution in [0.2, 0.25) is 0 Å². The van der Waals surface area contributed by atoms with Gasteiger partial charge < -0.3 is 14.7 Å². The second kappa shape index (κ2) is 7.39. The number of aromatic nitrogens is 2. The van der Waals surface area contributed by atoms with E-state index >= 15 is 0 Å². The fourth-order valence-corrected chi connectivity index (χ4v) is 3.19. The third kappa shape index (κ3) is 3.74. The highest BCUT2D eigenvalue weighted by Crippen LogP contribution is 2.26. The quantitative estimate of drug-likeness (QED) is 0.740. The van der Waals surface area contributed by atoms with Crippen molar-refractivity contribution in [2.45, 2.75) is 19.4 Å². The summed E-state index contributed by atoms with van der Waals surface area (Å²) in [6.07, 6.45) is 1.60. The average molecular weight is 348 g/mol. The molecule has 1 aromatic heterocycles. The molecule has 0 radical (unpaired) electrons. The molecule has 0 saturated carbocycles. The maximum Gasteiger partial charge on any atom is 0.246 e. The van der Waals surface area contributed by atoms with Crippen LogP contribution in [0.4, 0.5) is 5.69 Å². The van der Waals surface area contributed by atoms with Crippen molar-refractivity contribution in [3.63, 3.8) is 0 Å². The summed E-state index contributed by atoms with van der Waals surface area (Å²) in [5.41, 5.74) is 3.56. The van der Waals surface area contributed by atoms with Crippen LogP contribution in [0.15, 0.2) is 59.1 Å². The molecule has 1 N–H and O–H groups in total. The highest BCUT2D eigenvalue weighted by Gasteiger charge is 2.20. The topological polar surface area (TPSA) is 71.3 Å². The molecule has 2 heterocycles. The van der Waals surface area contributed by atoms with Crippen molar-refractivity contribution in [1.82, 2.24) is 15.5 Å². The van der Waals surface area contributed by atoms with Crippen molar-refractivity contribution >= 4 is 11.6 Å². The molecule has 2 aromatic carbocycles. The summed E-state index contributed by atoms with van der Waals surface area (Å²) in [6, 6.07) is 18.2. The Labute approximate surface area is 151 Å². The van der Waals surface area contributed by atoms with Gasteiger partial charge >= 0.3 is 0 Å². The largest absolute Gasteiger partial charge is 0.362 e. The molecule has 0 fully saturated rings. The molecule has 6 heteroatoms. The number of para-hydroxylation sites is 1. The molecule has 0 aliphatic carbocycles. The van der Waals surface area contributed by atoms with Crippen molar-refractivity contribution < 1.29 is 9.32 Å². The van der Waals surface area contributed by atoms with Crippen LogP contribution in [0.3, 0.4) is 0 Å². The van der Waals surface area contributed by atoms with Crippen LogP contribution in [0, 0.1) is 0 Å². The molecule has 0 unspecified atom stereocenters. The molecule has 0 saturated heterocycles. The number of carbonyl (C=O) groups excluding carboxylic acids is 1. The van der Waals surface area contributed by atoms with Gasteiger partial charge in [-0.05, 0) is 23.6 Å². The number of fused-ring (bicyclic) bond motifs is 1. The van der Waals surface area contributed by atoms with Gasteiger partial charge in [-0.3, -0.25) is 4.79 Å². The molecule has 0 bridgehead atoms. The number of carbonyl (C=O) groups is 1. The summed E-state index contributed by atoms with van der Waals surface area (Å²) >= 11 is 0. The molecule has 3 aromatic rings. The van der Waals surface area contributed by atoms with E-state index in [-0.39, 0.29) is 12.5 Å². The summed E-state index contributed by atoms with van der Waals surface area (Å²) in [7, 11) is 0. The Bertz CT molecular complexity index is 892. The first-order valence-corrected chi connectivity index (χ1v) is 8.73. The zero-order valence-electron chi connectivity index (χ0n) is 14.4. The van der Waals surface area contributed by atoms with Gasteiger partial charge in [-0.1, -0.05) is 53.7 Å². The molecule has 1 aliphatic rings. The molecule has 0 atom stereocenters. The van der Waals surface area contributed by atoms with Crippen LogP contribution < -0.4 is 10.2 Å². The number of hydrogen-bond donors (Lipinski definition) is 1. The van der Waals surface area contributed by atoms with Crippen LogP contribution in [0.5, 0.6) is 0 Å². The van der Waals surface area contributed by atoms with E-state index in [2.05, 4.69) is 32.5 Å². The van der Waals surface area contributed by atoms with E-state index in [0.29, 0.717) is 24.7 Å². The lowest BCUT2D eigenvalue weighted by molar-refractivity contribution is -0.120. The Kier molecular flexibility index (Phi) is 4.64. The fourth-order valence-electron chi connectivity index (χ4n) is 3.19.